The van der Waals surface area contributed by atoms with Crippen LogP contribution in [0.3, 0.4) is 0 Å². The van der Waals surface area contributed by atoms with E-state index in [-0.39, 0.29) is 0 Å². The lowest BCUT2D eigenvalue weighted by molar-refractivity contribution is -0.277. The van der Waals surface area contributed by atoms with Crippen molar-refractivity contribution in [3.8, 4) is 5.75 Å². The Morgan fingerprint density at radius 2 is 1.77 bits per heavy atom. The van der Waals surface area contributed by atoms with Gasteiger partial charge in [-0.05, 0) is 23.8 Å². The van der Waals surface area contributed by atoms with Gasteiger partial charge in [0.2, 0.25) is 6.29 Å². The molecule has 0 radical (unpaired) electrons. The molecule has 5 atom stereocenters. The molecule has 1 fully saturated rings. The summed E-state index contributed by atoms with van der Waals surface area (Å²) < 4.78 is 10.7. The highest BCUT2D eigenvalue weighted by Gasteiger charge is 2.44. The van der Waals surface area contributed by atoms with E-state index in [1.165, 1.54) is 6.08 Å². The van der Waals surface area contributed by atoms with Crippen LogP contribution in [0.4, 0.5) is 0 Å². The third-order valence-corrected chi connectivity index (χ3v) is 3.35. The highest BCUT2D eigenvalue weighted by molar-refractivity contribution is 5.73. The summed E-state index contributed by atoms with van der Waals surface area (Å²) in [4.78, 5) is 10.2. The van der Waals surface area contributed by atoms with Crippen LogP contribution < -0.4 is 4.74 Å². The van der Waals surface area contributed by atoms with Crippen molar-refractivity contribution in [3.05, 3.63) is 35.9 Å². The molecule has 0 aliphatic carbocycles. The van der Waals surface area contributed by atoms with Crippen molar-refractivity contribution in [2.75, 3.05) is 6.61 Å². The van der Waals surface area contributed by atoms with Gasteiger partial charge in [-0.1, -0.05) is 18.2 Å². The minimum atomic E-state index is -1.48. The van der Waals surface area contributed by atoms with Gasteiger partial charge in [-0.2, -0.15) is 0 Å². The van der Waals surface area contributed by atoms with Crippen molar-refractivity contribution in [2.45, 2.75) is 30.7 Å². The van der Waals surface area contributed by atoms with Crippen LogP contribution >= 0.6 is 0 Å². The molecule has 1 saturated heterocycles. The number of hydrogen-bond donors (Lipinski definition) is 4. The number of aliphatic hydroxyl groups is 4. The molecule has 0 aromatic heterocycles. The van der Waals surface area contributed by atoms with Crippen LogP contribution in [0, 0.1) is 0 Å². The predicted octanol–water partition coefficient (Wildman–Crippen LogP) is -0.923. The number of rotatable bonds is 5. The van der Waals surface area contributed by atoms with E-state index in [0.717, 1.165) is 5.56 Å². The van der Waals surface area contributed by atoms with E-state index in [9.17, 15) is 20.1 Å². The summed E-state index contributed by atoms with van der Waals surface area (Å²) in [6.07, 6.45) is -2.95. The maximum Gasteiger partial charge on any atom is 0.229 e. The molecule has 1 aliphatic heterocycles. The van der Waals surface area contributed by atoms with Crippen LogP contribution in [-0.2, 0) is 9.53 Å². The third kappa shape index (κ3) is 3.70. The summed E-state index contributed by atoms with van der Waals surface area (Å²) in [5, 5.41) is 38.3. The first-order valence-electron chi connectivity index (χ1n) is 6.76. The van der Waals surface area contributed by atoms with Gasteiger partial charge in [-0.15, -0.1) is 0 Å². The van der Waals surface area contributed by atoms with Crippen molar-refractivity contribution in [3.63, 3.8) is 0 Å². The number of carbonyl (C=O) groups excluding carboxylic acids is 1. The summed E-state index contributed by atoms with van der Waals surface area (Å²) >= 11 is 0. The number of aliphatic hydroxyl groups excluding tert-OH is 4. The number of hydrogen-bond acceptors (Lipinski definition) is 7. The second-order valence-corrected chi connectivity index (χ2v) is 4.88. The first kappa shape index (κ1) is 16.6. The van der Waals surface area contributed by atoms with Crippen molar-refractivity contribution < 1.29 is 34.7 Å². The first-order chi connectivity index (χ1) is 10.6. The van der Waals surface area contributed by atoms with Crippen LogP contribution in [0.1, 0.15) is 5.56 Å². The zero-order valence-corrected chi connectivity index (χ0v) is 11.6. The Labute approximate surface area is 127 Å². The molecular weight excluding hydrogens is 292 g/mol. The molecule has 0 amide bonds. The van der Waals surface area contributed by atoms with Crippen molar-refractivity contribution in [2.24, 2.45) is 0 Å². The molecule has 2 rings (SSSR count). The van der Waals surface area contributed by atoms with E-state index in [1.54, 1.807) is 30.3 Å². The van der Waals surface area contributed by atoms with E-state index < -0.39 is 37.3 Å². The Kier molecular flexibility index (Phi) is 5.64. The summed E-state index contributed by atoms with van der Waals surface area (Å²) in [5.74, 6) is 0.368. The summed E-state index contributed by atoms with van der Waals surface area (Å²) in [6.45, 7) is -0.514. The fraction of sp³-hybridized carbons (Fsp3) is 0.400. The van der Waals surface area contributed by atoms with Gasteiger partial charge in [0, 0.05) is 0 Å². The van der Waals surface area contributed by atoms with Crippen molar-refractivity contribution in [1.29, 1.82) is 0 Å². The van der Waals surface area contributed by atoms with E-state index in [2.05, 4.69) is 0 Å². The number of benzene rings is 1. The lowest BCUT2D eigenvalue weighted by Crippen LogP contribution is -2.60. The number of carbonyl (C=O) groups is 1. The molecule has 1 aromatic rings. The van der Waals surface area contributed by atoms with Crippen LogP contribution in [0.15, 0.2) is 30.3 Å². The molecule has 22 heavy (non-hydrogen) atoms. The van der Waals surface area contributed by atoms with E-state index >= 15 is 0 Å². The molecule has 0 saturated carbocycles. The Bertz CT molecular complexity index is 511. The number of allylic oxidation sites excluding steroid dienone is 1. The van der Waals surface area contributed by atoms with Gasteiger partial charge in [0.25, 0.3) is 0 Å². The molecule has 7 heteroatoms. The molecular formula is C15H18O7. The number of ether oxygens (including phenoxy) is 2. The zero-order chi connectivity index (χ0) is 16.1. The van der Waals surface area contributed by atoms with Crippen molar-refractivity contribution >= 4 is 12.4 Å². The van der Waals surface area contributed by atoms with Crippen LogP contribution in [0.2, 0.25) is 0 Å². The Morgan fingerprint density at radius 1 is 1.09 bits per heavy atom. The minimum Gasteiger partial charge on any atom is -0.462 e. The average molecular weight is 310 g/mol. The third-order valence-electron chi connectivity index (χ3n) is 3.35. The fourth-order valence-electron chi connectivity index (χ4n) is 2.11. The molecule has 0 bridgehead atoms. The SMILES string of the molecule is O=C/C=C/c1ccc(O[C@@H]2OC(CO)[C@H](O)[C@H](O)C2O)cc1. The fourth-order valence-corrected chi connectivity index (χ4v) is 2.11. The summed E-state index contributed by atoms with van der Waals surface area (Å²) in [5.41, 5.74) is 0.785. The van der Waals surface area contributed by atoms with Gasteiger partial charge in [-0.25, -0.2) is 0 Å². The topological polar surface area (TPSA) is 116 Å². The van der Waals surface area contributed by atoms with Gasteiger partial charge >= 0.3 is 0 Å². The first-order valence-corrected chi connectivity index (χ1v) is 6.76. The minimum absolute atomic E-state index is 0.368. The summed E-state index contributed by atoms with van der Waals surface area (Å²) in [6, 6.07) is 6.59. The Hall–Kier alpha value is -1.77. The molecule has 7 nitrogen and oxygen atoms in total. The van der Waals surface area contributed by atoms with Gasteiger partial charge in [0.1, 0.15) is 36.5 Å². The Balaban J connectivity index is 2.05. The quantitative estimate of drug-likeness (QED) is 0.410. The average Bonchev–Trinajstić information content (AvgIpc) is 2.54. The van der Waals surface area contributed by atoms with Crippen LogP contribution in [-0.4, -0.2) is 64.0 Å². The molecule has 4 N–H and O–H groups in total. The monoisotopic (exact) mass is 310 g/mol. The largest absolute Gasteiger partial charge is 0.462 e. The molecule has 0 spiro atoms. The van der Waals surface area contributed by atoms with Gasteiger partial charge in [-0.3, -0.25) is 4.79 Å². The molecule has 1 aromatic carbocycles. The molecule has 1 heterocycles. The van der Waals surface area contributed by atoms with E-state index in [4.69, 9.17) is 14.6 Å². The van der Waals surface area contributed by atoms with E-state index in [0.29, 0.717) is 12.0 Å². The van der Waals surface area contributed by atoms with E-state index in [1.807, 2.05) is 0 Å². The highest BCUT2D eigenvalue weighted by atomic mass is 16.7. The second-order valence-electron chi connectivity index (χ2n) is 4.88. The van der Waals surface area contributed by atoms with Crippen LogP contribution in [0.25, 0.3) is 6.08 Å². The molecule has 120 valence electrons. The zero-order valence-electron chi connectivity index (χ0n) is 11.6. The lowest BCUT2D eigenvalue weighted by Gasteiger charge is -2.39. The Morgan fingerprint density at radius 3 is 2.36 bits per heavy atom. The van der Waals surface area contributed by atoms with Gasteiger partial charge in [0.15, 0.2) is 0 Å². The van der Waals surface area contributed by atoms with Gasteiger partial charge < -0.3 is 29.9 Å². The number of aldehydes is 1. The van der Waals surface area contributed by atoms with Crippen molar-refractivity contribution in [1.82, 2.24) is 0 Å². The molecule has 2 unspecified atom stereocenters. The standard InChI is InChI=1S/C15H18O7/c16-7-1-2-9-3-5-10(6-4-9)21-15-14(20)13(19)12(18)11(8-17)22-15/h1-7,11-15,17-20H,8H2/b2-1+/t11?,12-,13-,14?,15+/m0/s1. The molecule has 1 aliphatic rings. The predicted molar refractivity (Wildman–Crippen MR) is 75.9 cm³/mol. The van der Waals surface area contributed by atoms with Crippen LogP contribution in [0.5, 0.6) is 5.75 Å². The normalized spacial score (nSPS) is 32.1. The van der Waals surface area contributed by atoms with Gasteiger partial charge in [0.05, 0.1) is 6.61 Å². The maximum atomic E-state index is 10.2. The second kappa shape index (κ2) is 7.48. The maximum absolute atomic E-state index is 10.2. The highest BCUT2D eigenvalue weighted by Crippen LogP contribution is 2.24. The lowest BCUT2D eigenvalue weighted by atomic mass is 9.99. The summed E-state index contributed by atoms with van der Waals surface area (Å²) in [7, 11) is 0. The smallest absolute Gasteiger partial charge is 0.229 e.